The fraction of sp³-hybridized carbons (Fsp3) is 0.318. The summed E-state index contributed by atoms with van der Waals surface area (Å²) in [4.78, 5) is 14.3. The van der Waals surface area contributed by atoms with E-state index in [2.05, 4.69) is 10.2 Å². The zero-order valence-corrected chi connectivity index (χ0v) is 18.9. The maximum absolute atomic E-state index is 12.5. The van der Waals surface area contributed by atoms with Crippen LogP contribution in [0.3, 0.4) is 0 Å². The normalized spacial score (nSPS) is 10.8. The van der Waals surface area contributed by atoms with Crippen LogP contribution in [0.5, 0.6) is 5.75 Å². The number of aromatic nitrogens is 3. The van der Waals surface area contributed by atoms with Crippen molar-refractivity contribution in [1.29, 1.82) is 0 Å². The zero-order chi connectivity index (χ0) is 21.5. The van der Waals surface area contributed by atoms with Crippen LogP contribution in [-0.4, -0.2) is 51.0 Å². The second-order valence-electron chi connectivity index (χ2n) is 6.40. The Hall–Kier alpha value is -2.51. The summed E-state index contributed by atoms with van der Waals surface area (Å²) in [5.74, 6) is 1.78. The summed E-state index contributed by atoms with van der Waals surface area (Å²) in [5.41, 5.74) is 1.65. The van der Waals surface area contributed by atoms with Gasteiger partial charge in [-0.2, -0.15) is 0 Å². The van der Waals surface area contributed by atoms with Gasteiger partial charge in [0.05, 0.1) is 17.4 Å². The summed E-state index contributed by atoms with van der Waals surface area (Å²) in [7, 11) is 0. The number of rotatable bonds is 9. The van der Waals surface area contributed by atoms with E-state index in [0.717, 1.165) is 17.0 Å². The second kappa shape index (κ2) is 10.5. The molecule has 0 radical (unpaired) electrons. The lowest BCUT2D eigenvalue weighted by atomic mass is 10.2. The molecule has 8 heteroatoms. The number of nitrogens with zero attached hydrogens (tertiary/aromatic N) is 4. The first-order chi connectivity index (χ1) is 14.6. The molecule has 30 heavy (non-hydrogen) atoms. The molecule has 0 atom stereocenters. The molecule has 0 bridgehead atoms. The molecule has 0 saturated heterocycles. The van der Waals surface area contributed by atoms with Crippen LogP contribution >= 0.6 is 23.4 Å². The van der Waals surface area contributed by atoms with Gasteiger partial charge in [0.25, 0.3) is 0 Å². The van der Waals surface area contributed by atoms with Crippen LogP contribution in [0.25, 0.3) is 17.1 Å². The molecule has 158 valence electrons. The fourth-order valence-electron chi connectivity index (χ4n) is 3.07. The van der Waals surface area contributed by atoms with Crippen molar-refractivity contribution in [2.45, 2.75) is 25.9 Å². The highest BCUT2D eigenvalue weighted by molar-refractivity contribution is 7.99. The van der Waals surface area contributed by atoms with Crippen molar-refractivity contribution in [1.82, 2.24) is 19.7 Å². The van der Waals surface area contributed by atoms with Gasteiger partial charge in [0.15, 0.2) is 11.0 Å². The average Bonchev–Trinajstić information content (AvgIpc) is 3.18. The van der Waals surface area contributed by atoms with Crippen molar-refractivity contribution in [3.8, 4) is 22.8 Å². The Morgan fingerprint density at radius 2 is 1.77 bits per heavy atom. The van der Waals surface area contributed by atoms with Crippen molar-refractivity contribution < 1.29 is 9.53 Å². The first-order valence-corrected chi connectivity index (χ1v) is 11.3. The van der Waals surface area contributed by atoms with Gasteiger partial charge in [0, 0.05) is 24.3 Å². The molecular formula is C22H25ClN4O2S. The molecule has 1 heterocycles. The molecule has 2 aromatic carbocycles. The number of halogens is 1. The Bertz CT molecular complexity index is 987. The summed E-state index contributed by atoms with van der Waals surface area (Å²) in [6.45, 7) is 7.88. The zero-order valence-electron chi connectivity index (χ0n) is 17.3. The molecule has 6 nitrogen and oxygen atoms in total. The van der Waals surface area contributed by atoms with Gasteiger partial charge in [-0.05, 0) is 57.2 Å². The van der Waals surface area contributed by atoms with E-state index in [4.69, 9.17) is 16.3 Å². The summed E-state index contributed by atoms with van der Waals surface area (Å²) in [6, 6.07) is 15.2. The third-order valence-electron chi connectivity index (χ3n) is 4.59. The van der Waals surface area contributed by atoms with E-state index in [1.54, 1.807) is 4.90 Å². The number of amides is 1. The highest BCUT2D eigenvalue weighted by Crippen LogP contribution is 2.32. The summed E-state index contributed by atoms with van der Waals surface area (Å²) >= 11 is 7.80. The first-order valence-electron chi connectivity index (χ1n) is 9.93. The van der Waals surface area contributed by atoms with Crippen LogP contribution in [-0.2, 0) is 4.79 Å². The number of thioether (sulfide) groups is 1. The number of hydrogen-bond acceptors (Lipinski definition) is 5. The smallest absolute Gasteiger partial charge is 0.233 e. The van der Waals surface area contributed by atoms with E-state index < -0.39 is 0 Å². The molecule has 1 aromatic heterocycles. The molecule has 1 amide bonds. The molecule has 0 N–H and O–H groups in total. The summed E-state index contributed by atoms with van der Waals surface area (Å²) in [6.07, 6.45) is 0. The number of ether oxygens (including phenoxy) is 1. The van der Waals surface area contributed by atoms with Crippen molar-refractivity contribution >= 4 is 29.3 Å². The molecule has 0 spiro atoms. The van der Waals surface area contributed by atoms with Gasteiger partial charge >= 0.3 is 0 Å². The number of hydrogen-bond donors (Lipinski definition) is 0. The van der Waals surface area contributed by atoms with E-state index in [-0.39, 0.29) is 5.91 Å². The molecule has 0 saturated carbocycles. The van der Waals surface area contributed by atoms with Crippen molar-refractivity contribution in [2.24, 2.45) is 0 Å². The lowest BCUT2D eigenvalue weighted by Gasteiger charge is -2.18. The maximum atomic E-state index is 12.5. The Morgan fingerprint density at radius 3 is 2.40 bits per heavy atom. The van der Waals surface area contributed by atoms with E-state index in [1.807, 2.05) is 73.9 Å². The fourth-order valence-corrected chi connectivity index (χ4v) is 4.14. The third kappa shape index (κ3) is 4.96. The largest absolute Gasteiger partial charge is 0.494 e. The van der Waals surface area contributed by atoms with Gasteiger partial charge < -0.3 is 9.64 Å². The molecule has 0 aliphatic rings. The van der Waals surface area contributed by atoms with Crippen LogP contribution in [0.1, 0.15) is 20.8 Å². The Kier molecular flexibility index (Phi) is 7.76. The predicted octanol–water partition coefficient (Wildman–Crippen LogP) is 4.95. The number of benzene rings is 2. The molecule has 0 fully saturated rings. The van der Waals surface area contributed by atoms with Crippen molar-refractivity contribution in [3.05, 3.63) is 53.6 Å². The Morgan fingerprint density at radius 1 is 1.07 bits per heavy atom. The first kappa shape index (κ1) is 22.2. The summed E-state index contributed by atoms with van der Waals surface area (Å²) < 4.78 is 7.48. The molecular weight excluding hydrogens is 420 g/mol. The monoisotopic (exact) mass is 444 g/mol. The van der Waals surface area contributed by atoms with E-state index >= 15 is 0 Å². The molecule has 3 rings (SSSR count). The minimum Gasteiger partial charge on any atom is -0.494 e. The Labute approximate surface area is 186 Å². The van der Waals surface area contributed by atoms with E-state index in [1.165, 1.54) is 11.8 Å². The van der Waals surface area contributed by atoms with Gasteiger partial charge in [-0.15, -0.1) is 10.2 Å². The van der Waals surface area contributed by atoms with Gasteiger partial charge in [-0.3, -0.25) is 9.36 Å². The Balaban J connectivity index is 1.99. The van der Waals surface area contributed by atoms with Gasteiger partial charge in [0.1, 0.15) is 5.75 Å². The second-order valence-corrected chi connectivity index (χ2v) is 7.75. The van der Waals surface area contributed by atoms with Crippen LogP contribution < -0.4 is 4.74 Å². The molecule has 0 unspecified atom stereocenters. The predicted molar refractivity (Wildman–Crippen MR) is 122 cm³/mol. The van der Waals surface area contributed by atoms with Gasteiger partial charge in [-0.1, -0.05) is 35.5 Å². The van der Waals surface area contributed by atoms with E-state index in [0.29, 0.717) is 41.5 Å². The lowest BCUT2D eigenvalue weighted by Crippen LogP contribution is -2.31. The number of carbonyl (C=O) groups excluding carboxylic acids is 1. The molecule has 3 aromatic rings. The topological polar surface area (TPSA) is 60.2 Å². The highest BCUT2D eigenvalue weighted by atomic mass is 35.5. The lowest BCUT2D eigenvalue weighted by molar-refractivity contribution is -0.127. The third-order valence-corrected chi connectivity index (χ3v) is 5.84. The highest BCUT2D eigenvalue weighted by Gasteiger charge is 2.20. The van der Waals surface area contributed by atoms with Crippen LogP contribution in [0.2, 0.25) is 5.02 Å². The van der Waals surface area contributed by atoms with Crippen LogP contribution in [0, 0.1) is 0 Å². The number of carbonyl (C=O) groups is 1. The van der Waals surface area contributed by atoms with Gasteiger partial charge in [0.2, 0.25) is 5.91 Å². The SMILES string of the molecule is CCOc1ccc(-n2c(SCC(=O)N(CC)CC)nnc2-c2ccccc2Cl)cc1. The minimum absolute atomic E-state index is 0.0746. The molecule has 0 aliphatic carbocycles. The van der Waals surface area contributed by atoms with Crippen LogP contribution in [0.15, 0.2) is 53.7 Å². The maximum Gasteiger partial charge on any atom is 0.233 e. The van der Waals surface area contributed by atoms with Crippen molar-refractivity contribution in [3.63, 3.8) is 0 Å². The summed E-state index contributed by atoms with van der Waals surface area (Å²) in [5, 5.41) is 9.99. The standard InChI is InChI=1S/C22H25ClN4O2S/c1-4-26(5-2)20(28)15-30-22-25-24-21(18-9-7-8-10-19(18)23)27(22)16-11-13-17(14-12-16)29-6-3/h7-14H,4-6,15H2,1-3H3. The average molecular weight is 445 g/mol. The van der Waals surface area contributed by atoms with E-state index in [9.17, 15) is 4.79 Å². The van der Waals surface area contributed by atoms with Gasteiger partial charge in [-0.25, -0.2) is 0 Å². The quantitative estimate of drug-likeness (QED) is 0.437. The van der Waals surface area contributed by atoms with Crippen molar-refractivity contribution in [2.75, 3.05) is 25.4 Å². The minimum atomic E-state index is 0.0746. The molecule has 0 aliphatic heterocycles. The van der Waals surface area contributed by atoms with Crippen LogP contribution in [0.4, 0.5) is 0 Å².